The van der Waals surface area contributed by atoms with Crippen LogP contribution in [0.25, 0.3) is 0 Å². The summed E-state index contributed by atoms with van der Waals surface area (Å²) in [4.78, 5) is 28.9. The maximum atomic E-state index is 14.5. The van der Waals surface area contributed by atoms with Crippen LogP contribution in [0.4, 0.5) is 0 Å². The molecule has 0 amide bonds. The molecule has 0 unspecified atom stereocenters. The fourth-order valence-corrected chi connectivity index (χ4v) is 17.4. The van der Waals surface area contributed by atoms with Gasteiger partial charge in [-0.1, -0.05) is 44.9 Å². The van der Waals surface area contributed by atoms with E-state index in [4.69, 9.17) is 52.1 Å². The quantitative estimate of drug-likeness (QED) is 0.0328. The van der Waals surface area contributed by atoms with Crippen LogP contribution in [0.15, 0.2) is 23.8 Å². The Kier molecular flexibility index (Phi) is 20.5. The van der Waals surface area contributed by atoms with Gasteiger partial charge in [-0.25, -0.2) is 0 Å². The Balaban J connectivity index is 0.899. The summed E-state index contributed by atoms with van der Waals surface area (Å²) in [6, 6.07) is 0. The van der Waals surface area contributed by atoms with Gasteiger partial charge >= 0.3 is 5.97 Å². The molecular weight excluding hydrogens is 1180 g/mol. The third kappa shape index (κ3) is 11.6. The van der Waals surface area contributed by atoms with E-state index >= 15 is 0 Å². The molecule has 29 heteroatoms. The predicted molar refractivity (Wildman–Crippen MR) is 296 cm³/mol. The monoisotopic (exact) mass is 1280 g/mol. The number of ether oxygens (including phenoxy) is 11. The highest BCUT2D eigenvalue weighted by atomic mass is 16.8. The molecule has 0 aromatic heterocycles. The van der Waals surface area contributed by atoms with E-state index in [1.165, 1.54) is 5.57 Å². The van der Waals surface area contributed by atoms with Gasteiger partial charge in [0, 0.05) is 6.42 Å². The molecule has 4 aliphatic carbocycles. The summed E-state index contributed by atoms with van der Waals surface area (Å²) in [5, 5.41) is 174. The van der Waals surface area contributed by atoms with Crippen LogP contribution in [0.2, 0.25) is 0 Å². The largest absolute Gasteiger partial charge is 0.458 e. The number of hydrogen-bond donors (Lipinski definition) is 16. The second kappa shape index (κ2) is 26.3. The number of fused-ring (bicyclic) bond motifs is 4. The lowest BCUT2D eigenvalue weighted by Crippen LogP contribution is -2.68. The second-order valence-corrected chi connectivity index (χ2v) is 27.9. The van der Waals surface area contributed by atoms with Gasteiger partial charge in [0.1, 0.15) is 133 Å². The number of esters is 1. The summed E-state index contributed by atoms with van der Waals surface area (Å²) < 4.78 is 66.4. The number of carbonyl (C=O) groups excluding carboxylic acids is 2. The van der Waals surface area contributed by atoms with Crippen molar-refractivity contribution in [1.82, 2.24) is 0 Å². The Morgan fingerprint density at radius 3 is 1.55 bits per heavy atom. The van der Waals surface area contributed by atoms with Gasteiger partial charge < -0.3 is 134 Å². The van der Waals surface area contributed by atoms with E-state index < -0.39 is 226 Å². The fourth-order valence-electron chi connectivity index (χ4n) is 17.4. The number of allylic oxidation sites excluding steroid dienone is 3. The lowest BCUT2D eigenvalue weighted by Gasteiger charge is -2.63. The molecule has 6 aliphatic heterocycles. The first-order chi connectivity index (χ1) is 41.9. The first-order valence-electron chi connectivity index (χ1n) is 31.1. The molecule has 0 aromatic carbocycles. The van der Waals surface area contributed by atoms with Gasteiger partial charge in [0.25, 0.3) is 0 Å². The van der Waals surface area contributed by atoms with Gasteiger partial charge in [0.05, 0.1) is 50.5 Å². The number of ketones is 1. The number of Topliss-reactive ketones (excluding diaryl/α,β-unsaturated/α-hetero) is 1. The van der Waals surface area contributed by atoms with Gasteiger partial charge in [-0.3, -0.25) is 9.59 Å². The van der Waals surface area contributed by atoms with Crippen LogP contribution >= 0.6 is 0 Å². The first-order valence-corrected chi connectivity index (χ1v) is 31.1. The van der Waals surface area contributed by atoms with Crippen LogP contribution in [-0.4, -0.2) is 292 Å². The third-order valence-electron chi connectivity index (χ3n) is 22.2. The summed E-state index contributed by atoms with van der Waals surface area (Å²) in [7, 11) is 0. The minimum absolute atomic E-state index is 0.0379. The predicted octanol–water partition coefficient (Wildman–Crippen LogP) is -4.71. The minimum Gasteiger partial charge on any atom is -0.458 e. The molecule has 1 spiro atoms. The smallest absolute Gasteiger partial charge is 0.314 e. The molecule has 10 aliphatic rings. The molecule has 6 heterocycles. The van der Waals surface area contributed by atoms with Crippen molar-refractivity contribution in [1.29, 1.82) is 0 Å². The standard InChI is InChI=1S/C60H94O29/c1-23(2)9-8-14-59(7)49-26(66)17-58(6)25-10-11-32-56(3,4)33(13-15-57(32,5)24(25)12-16-60(49,58)55(78)89-59)84-54-48(43(76)46(31(22-65)83-54)86-50-40(73)37(70)34(67)27(18-61)79-50)88-52-42(75)39(72)45(30(21-64)82-52)85-53-44(77)47(36(69)29(20-63)81-53)87-51-41(74)38(71)35(68)28(19-62)80-51/h12,25,27-54,61-65,67-77H,1,8-11,13-22H2,2-7H3/t25-,27-,28-,29-,30-,31-,32+,33+,34-,35-,36-,37+,38+,39-,40-,41-,42-,43+,44-,45-,46-,47+,48-,49-,50+,51+,52+,53+,54+,57-,58+,59+,60-/m1/s1. The van der Waals surface area contributed by atoms with E-state index in [9.17, 15) is 91.3 Å². The fraction of sp³-hybridized carbons (Fsp3) is 0.900. The molecule has 16 N–H and O–H groups in total. The van der Waals surface area contributed by atoms with Crippen LogP contribution in [0, 0.1) is 39.4 Å². The first kappa shape index (κ1) is 69.4. The van der Waals surface area contributed by atoms with Crippen LogP contribution in [0.1, 0.15) is 99.3 Å². The maximum absolute atomic E-state index is 14.5. The van der Waals surface area contributed by atoms with Crippen molar-refractivity contribution < 1.29 is 143 Å². The van der Waals surface area contributed by atoms with Crippen molar-refractivity contribution in [3.8, 4) is 0 Å². The highest BCUT2D eigenvalue weighted by molar-refractivity contribution is 5.99. The van der Waals surface area contributed by atoms with E-state index in [-0.39, 0.29) is 30.0 Å². The molecule has 0 bridgehead atoms. The highest BCUT2D eigenvalue weighted by Gasteiger charge is 2.79. The number of carbonyl (C=O) groups is 2. The van der Waals surface area contributed by atoms with Gasteiger partial charge in [-0.15, -0.1) is 6.58 Å². The molecule has 9 fully saturated rings. The van der Waals surface area contributed by atoms with Crippen molar-refractivity contribution in [2.75, 3.05) is 33.0 Å². The van der Waals surface area contributed by atoms with Crippen LogP contribution in [-0.2, 0) is 61.7 Å². The molecule has 29 nitrogen and oxygen atoms in total. The van der Waals surface area contributed by atoms with Crippen molar-refractivity contribution in [2.45, 2.75) is 265 Å². The summed E-state index contributed by atoms with van der Waals surface area (Å²) in [6.07, 6.45) is -40.4. The average Bonchev–Trinajstić information content (AvgIpc) is 1.48. The SMILES string of the molecule is C=C(C)CCC[C@]1(C)OC(=O)[C@]23CC=C4[C@@H](CC[C@H]5C(C)(C)[C@@H](O[C@@H]6O[C@H](CO)[C@@H](O[C@@H]7O[C@H](CO)[C@@H](O)[C@H](O)[C@H]7O)[C@H](O)[C@H]6O[C@@H]6O[C@H](CO)[C@@H](O[C@@H]7O[C@H](CO)[C@@H](O)[C@H](O[C@@H]8O[C@H](CO)[C@@H](O)[C@H](O)[C@H]8O)[C@H]7O)[C@H](O)[C@H]6O)CC[C@]45C)[C@]2(C)CC(=O)[C@@H]31. The van der Waals surface area contributed by atoms with Gasteiger partial charge in [0.2, 0.25) is 0 Å². The Labute approximate surface area is 514 Å². The molecule has 3 saturated carbocycles. The van der Waals surface area contributed by atoms with Crippen molar-refractivity contribution in [2.24, 2.45) is 39.4 Å². The number of hydrogen-bond acceptors (Lipinski definition) is 29. The zero-order chi connectivity index (χ0) is 64.9. The third-order valence-corrected chi connectivity index (χ3v) is 22.2. The normalized spacial score (nSPS) is 52.2. The van der Waals surface area contributed by atoms with E-state index in [1.807, 2.05) is 27.7 Å². The summed E-state index contributed by atoms with van der Waals surface area (Å²) in [6.45, 7) is 11.7. The maximum Gasteiger partial charge on any atom is 0.314 e. The average molecular weight is 1280 g/mol. The Bertz CT molecular complexity index is 2540. The van der Waals surface area contributed by atoms with Crippen LogP contribution in [0.3, 0.4) is 0 Å². The number of rotatable bonds is 19. The Hall–Kier alpha value is -2.42. The molecular formula is C60H94O29. The highest BCUT2D eigenvalue weighted by Crippen LogP contribution is 2.75. The summed E-state index contributed by atoms with van der Waals surface area (Å²) >= 11 is 0. The van der Waals surface area contributed by atoms with Crippen LogP contribution in [0.5, 0.6) is 0 Å². The number of aliphatic hydroxyl groups excluding tert-OH is 16. The van der Waals surface area contributed by atoms with Crippen LogP contribution < -0.4 is 0 Å². The van der Waals surface area contributed by atoms with E-state index in [2.05, 4.69) is 26.5 Å². The molecule has 33 atom stereocenters. The van der Waals surface area contributed by atoms with Crippen molar-refractivity contribution in [3.63, 3.8) is 0 Å². The molecule has 6 saturated heterocycles. The van der Waals surface area contributed by atoms with Crippen molar-refractivity contribution >= 4 is 11.8 Å². The zero-order valence-corrected chi connectivity index (χ0v) is 50.9. The molecule has 89 heavy (non-hydrogen) atoms. The lowest BCUT2D eigenvalue weighted by molar-refractivity contribution is -0.404. The van der Waals surface area contributed by atoms with Crippen molar-refractivity contribution in [3.05, 3.63) is 23.8 Å². The summed E-state index contributed by atoms with van der Waals surface area (Å²) in [5.74, 6) is -1.12. The van der Waals surface area contributed by atoms with Gasteiger partial charge in [0.15, 0.2) is 31.5 Å². The molecule has 0 aromatic rings. The zero-order valence-electron chi connectivity index (χ0n) is 50.9. The Morgan fingerprint density at radius 2 is 1.01 bits per heavy atom. The number of aliphatic hydroxyl groups is 16. The molecule has 508 valence electrons. The topological polar surface area (TPSA) is 459 Å². The molecule has 0 radical (unpaired) electrons. The lowest BCUT2D eigenvalue weighted by atomic mass is 9.41. The second-order valence-electron chi connectivity index (χ2n) is 27.9. The van der Waals surface area contributed by atoms with E-state index in [0.29, 0.717) is 38.5 Å². The number of cyclic esters (lactones) is 1. The minimum atomic E-state index is -2.20. The summed E-state index contributed by atoms with van der Waals surface area (Å²) in [5.41, 5.74) is -1.76. The van der Waals surface area contributed by atoms with E-state index in [1.54, 1.807) is 0 Å². The van der Waals surface area contributed by atoms with E-state index in [0.717, 1.165) is 18.4 Å². The van der Waals surface area contributed by atoms with Gasteiger partial charge in [-0.05, 0) is 93.3 Å². The Morgan fingerprint density at radius 1 is 0.539 bits per heavy atom. The molecule has 10 rings (SSSR count). The van der Waals surface area contributed by atoms with Gasteiger partial charge in [-0.2, -0.15) is 0 Å².